The van der Waals surface area contributed by atoms with Crippen LogP contribution in [0.15, 0.2) is 18.2 Å². The highest BCUT2D eigenvalue weighted by Gasteiger charge is 2.22. The lowest BCUT2D eigenvalue weighted by Gasteiger charge is -2.37. The van der Waals surface area contributed by atoms with Gasteiger partial charge in [0.1, 0.15) is 0 Å². The van der Waals surface area contributed by atoms with Crippen LogP contribution < -0.4 is 4.90 Å². The molecule has 3 rings (SSSR count). The largest absolute Gasteiger partial charge is 0.480 e. The van der Waals surface area contributed by atoms with Crippen LogP contribution in [0.1, 0.15) is 30.4 Å². The maximum absolute atomic E-state index is 10.8. The van der Waals surface area contributed by atoms with Gasteiger partial charge >= 0.3 is 5.97 Å². The van der Waals surface area contributed by atoms with E-state index in [0.29, 0.717) is 0 Å². The minimum atomic E-state index is -0.704. The van der Waals surface area contributed by atoms with Crippen molar-refractivity contribution >= 4 is 11.7 Å². The zero-order valence-electron chi connectivity index (χ0n) is 16.3. The van der Waals surface area contributed by atoms with E-state index in [4.69, 9.17) is 5.11 Å². The molecule has 1 aromatic rings. The van der Waals surface area contributed by atoms with Crippen molar-refractivity contribution in [1.82, 2.24) is 9.80 Å². The normalized spacial score (nSPS) is 20.5. The van der Waals surface area contributed by atoms with Gasteiger partial charge in [-0.3, -0.25) is 14.6 Å². The molecule has 0 atom stereocenters. The van der Waals surface area contributed by atoms with Crippen LogP contribution in [-0.4, -0.2) is 73.2 Å². The predicted molar refractivity (Wildman–Crippen MR) is 106 cm³/mol. The Morgan fingerprint density at radius 1 is 0.962 bits per heavy atom. The molecule has 26 heavy (non-hydrogen) atoms. The summed E-state index contributed by atoms with van der Waals surface area (Å²) in [5, 5.41) is 8.89. The highest BCUT2D eigenvalue weighted by atomic mass is 16.4. The summed E-state index contributed by atoms with van der Waals surface area (Å²) < 4.78 is 0. The van der Waals surface area contributed by atoms with Crippen LogP contribution in [0.2, 0.25) is 0 Å². The summed E-state index contributed by atoms with van der Waals surface area (Å²) in [7, 11) is 0. The Hall–Kier alpha value is -1.59. The molecule has 2 fully saturated rings. The van der Waals surface area contributed by atoms with E-state index < -0.39 is 5.97 Å². The number of carbonyl (C=O) groups is 1. The zero-order valence-corrected chi connectivity index (χ0v) is 16.3. The number of nitrogens with zero attached hydrogens (tertiary/aromatic N) is 3. The number of piperidine rings is 1. The highest BCUT2D eigenvalue weighted by molar-refractivity contribution is 5.69. The second-order valence-corrected chi connectivity index (χ2v) is 8.08. The molecule has 2 aliphatic rings. The summed E-state index contributed by atoms with van der Waals surface area (Å²) in [6, 6.07) is 6.84. The van der Waals surface area contributed by atoms with Gasteiger partial charge in [0.25, 0.3) is 0 Å². The van der Waals surface area contributed by atoms with Crippen molar-refractivity contribution in [2.75, 3.05) is 57.3 Å². The average molecular weight is 360 g/mol. The van der Waals surface area contributed by atoms with Gasteiger partial charge in [0.15, 0.2) is 0 Å². The molecule has 2 saturated heterocycles. The van der Waals surface area contributed by atoms with E-state index in [-0.39, 0.29) is 6.54 Å². The average Bonchev–Trinajstić information content (AvgIpc) is 2.60. The topological polar surface area (TPSA) is 47.0 Å². The van der Waals surface area contributed by atoms with Gasteiger partial charge in [-0.15, -0.1) is 0 Å². The second-order valence-electron chi connectivity index (χ2n) is 8.08. The number of carboxylic acids is 1. The van der Waals surface area contributed by atoms with Crippen molar-refractivity contribution in [3.05, 3.63) is 29.3 Å². The van der Waals surface area contributed by atoms with Crippen LogP contribution in [0, 0.1) is 19.8 Å². The molecule has 0 saturated carbocycles. The minimum Gasteiger partial charge on any atom is -0.480 e. The summed E-state index contributed by atoms with van der Waals surface area (Å²) in [5.74, 6) is 0.0580. The number of aliphatic carboxylic acids is 1. The first kappa shape index (κ1) is 19.2. The first-order chi connectivity index (χ1) is 12.5. The maximum Gasteiger partial charge on any atom is 0.317 e. The fraction of sp³-hybridized carbons (Fsp3) is 0.667. The van der Waals surface area contributed by atoms with Crippen molar-refractivity contribution in [3.8, 4) is 0 Å². The van der Waals surface area contributed by atoms with Crippen molar-refractivity contribution in [1.29, 1.82) is 0 Å². The van der Waals surface area contributed by atoms with Gasteiger partial charge < -0.3 is 10.0 Å². The van der Waals surface area contributed by atoms with E-state index in [0.717, 1.165) is 58.0 Å². The molecule has 0 bridgehead atoms. The third kappa shape index (κ3) is 5.45. The molecule has 0 unspecified atom stereocenters. The molecule has 5 nitrogen and oxygen atoms in total. The summed E-state index contributed by atoms with van der Waals surface area (Å²) in [5.41, 5.74) is 4.06. The molecule has 5 heteroatoms. The quantitative estimate of drug-likeness (QED) is 0.846. The molecule has 1 N–H and O–H groups in total. The zero-order chi connectivity index (χ0) is 18.5. The summed E-state index contributed by atoms with van der Waals surface area (Å²) >= 11 is 0. The van der Waals surface area contributed by atoms with Gasteiger partial charge in [0, 0.05) is 31.9 Å². The molecule has 144 valence electrons. The van der Waals surface area contributed by atoms with Gasteiger partial charge in [-0.25, -0.2) is 0 Å². The van der Waals surface area contributed by atoms with Crippen LogP contribution in [0.25, 0.3) is 0 Å². The Balaban J connectivity index is 1.37. The van der Waals surface area contributed by atoms with E-state index in [2.05, 4.69) is 46.7 Å². The molecule has 0 aliphatic carbocycles. The number of hydrogen-bond acceptors (Lipinski definition) is 4. The monoisotopic (exact) mass is 359 g/mol. The smallest absolute Gasteiger partial charge is 0.317 e. The van der Waals surface area contributed by atoms with E-state index in [1.165, 1.54) is 29.8 Å². The number of hydrogen-bond donors (Lipinski definition) is 1. The van der Waals surface area contributed by atoms with Crippen LogP contribution in [-0.2, 0) is 4.79 Å². The molecular weight excluding hydrogens is 326 g/mol. The molecule has 2 heterocycles. The highest BCUT2D eigenvalue weighted by Crippen LogP contribution is 2.23. The molecule has 0 amide bonds. The first-order valence-corrected chi connectivity index (χ1v) is 9.99. The number of likely N-dealkylation sites (tertiary alicyclic amines) is 1. The SMILES string of the molecule is Cc1cc(C)cc(N2CCN(CCC3CCN(CC(=O)O)CC3)CC2)c1. The first-order valence-electron chi connectivity index (χ1n) is 9.99. The number of piperazine rings is 1. The van der Waals surface area contributed by atoms with Crippen LogP contribution in [0.3, 0.4) is 0 Å². The van der Waals surface area contributed by atoms with Gasteiger partial charge in [0.05, 0.1) is 6.54 Å². The van der Waals surface area contributed by atoms with E-state index in [1.807, 2.05) is 0 Å². The third-order valence-corrected chi connectivity index (χ3v) is 5.86. The Bertz CT molecular complexity index is 583. The molecule has 2 aliphatic heterocycles. The number of anilines is 1. The van der Waals surface area contributed by atoms with Gasteiger partial charge in [-0.05, 0) is 81.9 Å². The Labute approximate surface area is 157 Å². The minimum absolute atomic E-state index is 0.202. The van der Waals surface area contributed by atoms with Crippen molar-refractivity contribution in [3.63, 3.8) is 0 Å². The molecule has 0 aromatic heterocycles. The molecule has 0 spiro atoms. The van der Waals surface area contributed by atoms with Gasteiger partial charge in [-0.2, -0.15) is 0 Å². The Morgan fingerprint density at radius 3 is 2.15 bits per heavy atom. The standard InChI is InChI=1S/C21H33N3O2/c1-17-13-18(2)15-20(14-17)24-11-9-22(10-12-24)6-3-19-4-7-23(8-5-19)16-21(25)26/h13-15,19H,3-12,16H2,1-2H3,(H,25,26). The van der Waals surface area contributed by atoms with Gasteiger partial charge in [-0.1, -0.05) is 6.07 Å². The lowest BCUT2D eigenvalue weighted by molar-refractivity contribution is -0.138. The molecular formula is C21H33N3O2. The number of rotatable bonds is 6. The summed E-state index contributed by atoms with van der Waals surface area (Å²) in [6.45, 7) is 12.1. The van der Waals surface area contributed by atoms with Crippen LogP contribution in [0.5, 0.6) is 0 Å². The van der Waals surface area contributed by atoms with E-state index in [9.17, 15) is 4.79 Å². The summed E-state index contributed by atoms with van der Waals surface area (Å²) in [4.78, 5) is 18.0. The molecule has 0 radical (unpaired) electrons. The van der Waals surface area contributed by atoms with E-state index >= 15 is 0 Å². The predicted octanol–water partition coefficient (Wildman–Crippen LogP) is 2.61. The second kappa shape index (κ2) is 8.87. The fourth-order valence-electron chi connectivity index (χ4n) is 4.35. The third-order valence-electron chi connectivity index (χ3n) is 5.86. The summed E-state index contributed by atoms with van der Waals surface area (Å²) in [6.07, 6.45) is 3.55. The van der Waals surface area contributed by atoms with Crippen molar-refractivity contribution in [2.24, 2.45) is 5.92 Å². The van der Waals surface area contributed by atoms with Gasteiger partial charge in [0.2, 0.25) is 0 Å². The van der Waals surface area contributed by atoms with Crippen LogP contribution in [0.4, 0.5) is 5.69 Å². The lowest BCUT2D eigenvalue weighted by Crippen LogP contribution is -2.47. The Kier molecular flexibility index (Phi) is 6.54. The van der Waals surface area contributed by atoms with Crippen molar-refractivity contribution in [2.45, 2.75) is 33.1 Å². The Morgan fingerprint density at radius 2 is 1.58 bits per heavy atom. The fourth-order valence-corrected chi connectivity index (χ4v) is 4.35. The number of carboxylic acid groups (broad SMARTS) is 1. The molecule has 1 aromatic carbocycles. The maximum atomic E-state index is 10.8. The number of aryl methyl sites for hydroxylation is 2. The van der Waals surface area contributed by atoms with Crippen molar-refractivity contribution < 1.29 is 9.90 Å². The lowest BCUT2D eigenvalue weighted by atomic mass is 9.93. The van der Waals surface area contributed by atoms with Crippen LogP contribution >= 0.6 is 0 Å². The number of benzene rings is 1. The van der Waals surface area contributed by atoms with E-state index in [1.54, 1.807) is 0 Å².